The van der Waals surface area contributed by atoms with E-state index in [1.54, 1.807) is 0 Å². The van der Waals surface area contributed by atoms with Crippen LogP contribution in [-0.4, -0.2) is 24.2 Å². The van der Waals surface area contributed by atoms with Gasteiger partial charge in [-0.25, -0.2) is 0 Å². The molecule has 0 aromatic heterocycles. The van der Waals surface area contributed by atoms with Crippen molar-refractivity contribution >= 4 is 11.7 Å². The molecule has 0 spiro atoms. The monoisotopic (exact) mass is 275 g/mol. The van der Waals surface area contributed by atoms with Crippen LogP contribution in [0, 0.1) is 11.3 Å². The van der Waals surface area contributed by atoms with Crippen molar-refractivity contribution in [3.63, 3.8) is 0 Å². The molecule has 3 heteroatoms. The van der Waals surface area contributed by atoms with Gasteiger partial charge in [-0.2, -0.15) is 0 Å². The second kappa shape index (κ2) is 5.86. The zero-order valence-electron chi connectivity index (χ0n) is 12.7. The topological polar surface area (TPSA) is 40.5 Å². The van der Waals surface area contributed by atoms with E-state index in [4.69, 9.17) is 0 Å². The van der Waals surface area contributed by atoms with Crippen molar-refractivity contribution in [1.82, 2.24) is 0 Å². The maximum atomic E-state index is 11.7. The largest absolute Gasteiger partial charge is 0.481 e. The van der Waals surface area contributed by atoms with Crippen molar-refractivity contribution in [3.8, 4) is 0 Å². The summed E-state index contributed by atoms with van der Waals surface area (Å²) < 4.78 is 0. The van der Waals surface area contributed by atoms with Gasteiger partial charge in [-0.15, -0.1) is 0 Å². The molecule has 0 aliphatic carbocycles. The molecule has 0 radical (unpaired) electrons. The van der Waals surface area contributed by atoms with Crippen LogP contribution in [0.25, 0.3) is 0 Å². The van der Waals surface area contributed by atoms with E-state index in [9.17, 15) is 9.90 Å². The summed E-state index contributed by atoms with van der Waals surface area (Å²) in [6.07, 6.45) is 2.43. The van der Waals surface area contributed by atoms with Crippen molar-refractivity contribution in [3.05, 3.63) is 29.8 Å². The van der Waals surface area contributed by atoms with Crippen LogP contribution in [-0.2, 0) is 11.2 Å². The van der Waals surface area contributed by atoms with Crippen LogP contribution in [0.4, 0.5) is 5.69 Å². The number of fused-ring (bicyclic) bond motifs is 1. The molecule has 110 valence electrons. The Morgan fingerprint density at radius 1 is 1.35 bits per heavy atom. The molecule has 2 rings (SSSR count). The fourth-order valence-electron chi connectivity index (χ4n) is 3.27. The van der Waals surface area contributed by atoms with E-state index < -0.39 is 11.4 Å². The third-order valence-corrected chi connectivity index (χ3v) is 4.73. The highest BCUT2D eigenvalue weighted by Gasteiger charge is 2.38. The lowest BCUT2D eigenvalue weighted by molar-refractivity contribution is -0.148. The highest BCUT2D eigenvalue weighted by molar-refractivity contribution is 5.76. The lowest BCUT2D eigenvalue weighted by atomic mass is 9.80. The van der Waals surface area contributed by atoms with Crippen LogP contribution in [0.1, 0.15) is 39.2 Å². The third-order valence-electron chi connectivity index (χ3n) is 4.73. The number of para-hydroxylation sites is 1. The van der Waals surface area contributed by atoms with Gasteiger partial charge in [-0.3, -0.25) is 4.79 Å². The quantitative estimate of drug-likeness (QED) is 0.893. The molecule has 0 saturated heterocycles. The Bertz CT molecular complexity index is 480. The first-order chi connectivity index (χ1) is 9.52. The number of hydrogen-bond acceptors (Lipinski definition) is 2. The lowest BCUT2D eigenvalue weighted by Gasteiger charge is -2.40. The number of nitrogens with zero attached hydrogens (tertiary/aromatic N) is 1. The molecule has 1 aromatic carbocycles. The summed E-state index contributed by atoms with van der Waals surface area (Å²) in [4.78, 5) is 14.0. The summed E-state index contributed by atoms with van der Waals surface area (Å²) >= 11 is 0. The maximum absolute atomic E-state index is 11.7. The Balaban J connectivity index is 2.31. The van der Waals surface area contributed by atoms with E-state index in [1.165, 1.54) is 11.3 Å². The molecule has 20 heavy (non-hydrogen) atoms. The Labute approximate surface area is 121 Å². The van der Waals surface area contributed by atoms with Gasteiger partial charge in [-0.1, -0.05) is 39.0 Å². The number of anilines is 1. The number of carbonyl (C=O) groups is 1. The molecule has 1 aromatic rings. The fraction of sp³-hybridized carbons (Fsp3) is 0.588. The summed E-state index contributed by atoms with van der Waals surface area (Å²) in [5.41, 5.74) is 1.93. The normalized spacial score (nSPS) is 18.8. The Morgan fingerprint density at radius 2 is 2.00 bits per heavy atom. The summed E-state index contributed by atoms with van der Waals surface area (Å²) in [7, 11) is 0. The van der Waals surface area contributed by atoms with Gasteiger partial charge in [0.15, 0.2) is 0 Å². The van der Waals surface area contributed by atoms with Crippen LogP contribution in [0.3, 0.4) is 0 Å². The van der Waals surface area contributed by atoms with Crippen molar-refractivity contribution in [2.45, 2.75) is 40.0 Å². The number of hydrogen-bond donors (Lipinski definition) is 1. The van der Waals surface area contributed by atoms with E-state index in [-0.39, 0.29) is 0 Å². The molecule has 0 fully saturated rings. The molecule has 3 nitrogen and oxygen atoms in total. The van der Waals surface area contributed by atoms with Gasteiger partial charge >= 0.3 is 5.97 Å². The van der Waals surface area contributed by atoms with Crippen molar-refractivity contribution in [2.75, 3.05) is 18.0 Å². The third kappa shape index (κ3) is 2.67. The number of rotatable bonds is 5. The van der Waals surface area contributed by atoms with E-state index >= 15 is 0 Å². The van der Waals surface area contributed by atoms with Crippen molar-refractivity contribution in [2.24, 2.45) is 11.3 Å². The van der Waals surface area contributed by atoms with Crippen LogP contribution < -0.4 is 4.90 Å². The molecule has 1 aliphatic heterocycles. The Morgan fingerprint density at radius 3 is 2.60 bits per heavy atom. The minimum absolute atomic E-state index is 0.574. The first kappa shape index (κ1) is 14.9. The fourth-order valence-corrected chi connectivity index (χ4v) is 3.27. The maximum Gasteiger partial charge on any atom is 0.311 e. The van der Waals surface area contributed by atoms with Gasteiger partial charge in [0.1, 0.15) is 0 Å². The summed E-state index contributed by atoms with van der Waals surface area (Å²) in [5, 5.41) is 9.64. The number of carboxylic acids is 1. The van der Waals surface area contributed by atoms with Crippen LogP contribution in [0.2, 0.25) is 0 Å². The second-order valence-corrected chi connectivity index (χ2v) is 6.11. The smallest absolute Gasteiger partial charge is 0.311 e. The Hall–Kier alpha value is -1.51. The van der Waals surface area contributed by atoms with Gasteiger partial charge in [0.05, 0.1) is 5.41 Å². The van der Waals surface area contributed by atoms with Crippen LogP contribution in [0.5, 0.6) is 0 Å². The first-order valence-electron chi connectivity index (χ1n) is 7.58. The van der Waals surface area contributed by atoms with E-state index in [2.05, 4.69) is 30.0 Å². The highest BCUT2D eigenvalue weighted by atomic mass is 16.4. The number of carboxylic acid groups (broad SMARTS) is 1. The standard InChI is InChI=1S/C17H25NO2/c1-4-17(5-2,16(19)20)12-18-11-13(3)10-14-8-6-7-9-15(14)18/h6-9,13H,4-5,10-12H2,1-3H3,(H,19,20). The molecule has 1 N–H and O–H groups in total. The average molecular weight is 275 g/mol. The van der Waals surface area contributed by atoms with Crippen molar-refractivity contribution in [1.29, 1.82) is 0 Å². The van der Waals surface area contributed by atoms with Gasteiger partial charge in [-0.05, 0) is 36.8 Å². The molecule has 1 heterocycles. The molecular formula is C17H25NO2. The SMILES string of the molecule is CCC(CC)(CN1CC(C)Cc2ccccc21)C(=O)O. The van der Waals surface area contributed by atoms with E-state index in [0.717, 1.165) is 13.0 Å². The molecule has 0 amide bonds. The van der Waals surface area contributed by atoms with Gasteiger partial charge in [0, 0.05) is 18.8 Å². The van der Waals surface area contributed by atoms with Crippen LogP contribution >= 0.6 is 0 Å². The first-order valence-corrected chi connectivity index (χ1v) is 7.58. The van der Waals surface area contributed by atoms with Gasteiger partial charge in [0.2, 0.25) is 0 Å². The summed E-state index contributed by atoms with van der Waals surface area (Å²) in [6.45, 7) is 7.76. The number of benzene rings is 1. The Kier molecular flexibility index (Phi) is 4.36. The minimum Gasteiger partial charge on any atom is -0.481 e. The highest BCUT2D eigenvalue weighted by Crippen LogP contribution is 2.35. The predicted octanol–water partition coefficient (Wildman–Crippen LogP) is 3.58. The molecule has 0 bridgehead atoms. The number of aliphatic carboxylic acids is 1. The predicted molar refractivity (Wildman–Crippen MR) is 82.2 cm³/mol. The average Bonchev–Trinajstić information content (AvgIpc) is 2.44. The van der Waals surface area contributed by atoms with Crippen molar-refractivity contribution < 1.29 is 9.90 Å². The van der Waals surface area contributed by atoms with E-state index in [0.29, 0.717) is 25.3 Å². The molecule has 1 atom stereocenters. The van der Waals surface area contributed by atoms with E-state index in [1.807, 2.05) is 19.9 Å². The van der Waals surface area contributed by atoms with Crippen LogP contribution in [0.15, 0.2) is 24.3 Å². The molecule has 1 aliphatic rings. The minimum atomic E-state index is -0.668. The summed E-state index contributed by atoms with van der Waals surface area (Å²) in [5.74, 6) is -0.0942. The molecule has 0 saturated carbocycles. The van der Waals surface area contributed by atoms with Gasteiger partial charge in [0.25, 0.3) is 0 Å². The second-order valence-electron chi connectivity index (χ2n) is 6.11. The zero-order valence-corrected chi connectivity index (χ0v) is 12.7. The molecule has 1 unspecified atom stereocenters. The zero-order chi connectivity index (χ0) is 14.8. The van der Waals surface area contributed by atoms with Gasteiger partial charge < -0.3 is 10.0 Å². The summed E-state index contributed by atoms with van der Waals surface area (Å²) in [6, 6.07) is 8.40. The lowest BCUT2D eigenvalue weighted by Crippen LogP contribution is -2.46. The molecular weight excluding hydrogens is 250 g/mol.